The van der Waals surface area contributed by atoms with Gasteiger partial charge in [0.05, 0.1) is 5.56 Å². The van der Waals surface area contributed by atoms with Gasteiger partial charge in [-0.1, -0.05) is 41.1 Å². The number of hydrogen-bond donors (Lipinski definition) is 1. The SMILES string of the molecule is N#Cc1[nH]nnc1-c1cc(Cl)cc(/C=C/c2cccc(C(F)(F)F)c2)c1. The summed E-state index contributed by atoms with van der Waals surface area (Å²) in [5, 5.41) is 19.4. The molecule has 0 amide bonds. The summed E-state index contributed by atoms with van der Waals surface area (Å²) in [5.41, 5.74) is 1.46. The van der Waals surface area contributed by atoms with Crippen LogP contribution in [-0.4, -0.2) is 15.4 Å². The third-order valence-electron chi connectivity index (χ3n) is 3.54. The van der Waals surface area contributed by atoms with Gasteiger partial charge in [-0.2, -0.15) is 18.4 Å². The second-order valence-electron chi connectivity index (χ2n) is 5.38. The molecule has 0 bridgehead atoms. The summed E-state index contributed by atoms with van der Waals surface area (Å²) in [6, 6.07) is 11.9. The molecule has 0 fully saturated rings. The van der Waals surface area contributed by atoms with Crippen molar-refractivity contribution in [2.24, 2.45) is 0 Å². The number of rotatable bonds is 3. The van der Waals surface area contributed by atoms with Gasteiger partial charge in [0.15, 0.2) is 5.69 Å². The molecule has 130 valence electrons. The topological polar surface area (TPSA) is 65.4 Å². The van der Waals surface area contributed by atoms with E-state index in [4.69, 9.17) is 16.9 Å². The van der Waals surface area contributed by atoms with E-state index in [9.17, 15) is 13.2 Å². The third kappa shape index (κ3) is 3.92. The predicted molar refractivity (Wildman–Crippen MR) is 91.9 cm³/mol. The highest BCUT2D eigenvalue weighted by molar-refractivity contribution is 6.31. The Hall–Kier alpha value is -3.11. The van der Waals surface area contributed by atoms with E-state index in [1.165, 1.54) is 6.07 Å². The van der Waals surface area contributed by atoms with Crippen LogP contribution in [0, 0.1) is 11.3 Å². The standard InChI is InChI=1S/C18H10ClF3N4/c19-15-8-12(6-13(9-15)17-16(10-23)24-26-25-17)5-4-11-2-1-3-14(7-11)18(20,21)22/h1-9H,(H,24,25,26)/b5-4+. The van der Waals surface area contributed by atoms with Crippen LogP contribution in [0.25, 0.3) is 23.4 Å². The molecule has 1 N–H and O–H groups in total. The number of alkyl halides is 3. The molecule has 0 spiro atoms. The number of halogens is 4. The lowest BCUT2D eigenvalue weighted by Crippen LogP contribution is -2.04. The van der Waals surface area contributed by atoms with Crippen LogP contribution in [0.4, 0.5) is 13.2 Å². The fourth-order valence-electron chi connectivity index (χ4n) is 2.36. The summed E-state index contributed by atoms with van der Waals surface area (Å²) in [4.78, 5) is 0. The van der Waals surface area contributed by atoms with Crippen LogP contribution in [0.1, 0.15) is 22.4 Å². The van der Waals surface area contributed by atoms with Gasteiger partial charge in [-0.25, -0.2) is 5.10 Å². The highest BCUT2D eigenvalue weighted by Crippen LogP contribution is 2.30. The van der Waals surface area contributed by atoms with E-state index in [1.807, 2.05) is 6.07 Å². The molecule has 0 unspecified atom stereocenters. The van der Waals surface area contributed by atoms with Crippen molar-refractivity contribution in [1.29, 1.82) is 5.26 Å². The highest BCUT2D eigenvalue weighted by atomic mass is 35.5. The molecule has 0 saturated carbocycles. The Morgan fingerprint density at radius 3 is 2.58 bits per heavy atom. The minimum atomic E-state index is -4.40. The van der Waals surface area contributed by atoms with Gasteiger partial charge in [0.25, 0.3) is 0 Å². The van der Waals surface area contributed by atoms with E-state index in [2.05, 4.69) is 15.4 Å². The van der Waals surface area contributed by atoms with E-state index in [0.717, 1.165) is 12.1 Å². The molecular weight excluding hydrogens is 365 g/mol. The molecule has 1 heterocycles. The number of nitrogens with zero attached hydrogens (tertiary/aromatic N) is 3. The first-order valence-electron chi connectivity index (χ1n) is 7.34. The lowest BCUT2D eigenvalue weighted by Gasteiger charge is -2.06. The molecule has 0 saturated heterocycles. The normalized spacial score (nSPS) is 11.7. The smallest absolute Gasteiger partial charge is 0.247 e. The van der Waals surface area contributed by atoms with Crippen LogP contribution in [0.2, 0.25) is 5.02 Å². The quantitative estimate of drug-likeness (QED) is 0.642. The maximum absolute atomic E-state index is 12.8. The molecule has 3 rings (SSSR count). The van der Waals surface area contributed by atoms with Crippen molar-refractivity contribution in [3.05, 3.63) is 69.9 Å². The maximum Gasteiger partial charge on any atom is 0.416 e. The average Bonchev–Trinajstić information content (AvgIpc) is 3.08. The zero-order chi connectivity index (χ0) is 18.7. The zero-order valence-corrected chi connectivity index (χ0v) is 13.8. The summed E-state index contributed by atoms with van der Waals surface area (Å²) < 4.78 is 38.3. The van der Waals surface area contributed by atoms with Crippen molar-refractivity contribution in [3.8, 4) is 17.3 Å². The number of aromatic nitrogens is 3. The third-order valence-corrected chi connectivity index (χ3v) is 3.75. The summed E-state index contributed by atoms with van der Waals surface area (Å²) in [6.07, 6.45) is -1.20. The molecule has 8 heteroatoms. The molecule has 0 aliphatic carbocycles. The lowest BCUT2D eigenvalue weighted by molar-refractivity contribution is -0.137. The molecule has 0 aliphatic heterocycles. The first-order chi connectivity index (χ1) is 12.4. The summed E-state index contributed by atoms with van der Waals surface area (Å²) in [6.45, 7) is 0. The zero-order valence-electron chi connectivity index (χ0n) is 13.0. The second-order valence-corrected chi connectivity index (χ2v) is 5.81. The van der Waals surface area contributed by atoms with Gasteiger partial charge < -0.3 is 0 Å². The fraction of sp³-hybridized carbons (Fsp3) is 0.0556. The molecule has 26 heavy (non-hydrogen) atoms. The van der Waals surface area contributed by atoms with Crippen molar-refractivity contribution < 1.29 is 13.2 Å². The highest BCUT2D eigenvalue weighted by Gasteiger charge is 2.30. The van der Waals surface area contributed by atoms with Gasteiger partial charge >= 0.3 is 6.18 Å². The van der Waals surface area contributed by atoms with Crippen molar-refractivity contribution in [2.75, 3.05) is 0 Å². The van der Waals surface area contributed by atoms with Gasteiger partial charge in [0, 0.05) is 10.6 Å². The first-order valence-corrected chi connectivity index (χ1v) is 7.72. The molecule has 1 aromatic heterocycles. The van der Waals surface area contributed by atoms with Crippen LogP contribution in [0.15, 0.2) is 42.5 Å². The first kappa shape index (κ1) is 17.7. The number of H-pyrrole nitrogens is 1. The van der Waals surface area contributed by atoms with E-state index in [1.54, 1.807) is 36.4 Å². The molecule has 0 radical (unpaired) electrons. The predicted octanol–water partition coefficient (Wildman–Crippen LogP) is 5.19. The monoisotopic (exact) mass is 374 g/mol. The molecule has 2 aromatic carbocycles. The molecule has 3 aromatic rings. The Morgan fingerprint density at radius 2 is 1.85 bits per heavy atom. The number of hydrogen-bond acceptors (Lipinski definition) is 3. The minimum Gasteiger partial charge on any atom is -0.247 e. The largest absolute Gasteiger partial charge is 0.416 e. The molecular formula is C18H10ClF3N4. The van der Waals surface area contributed by atoms with Gasteiger partial charge in [-0.05, 0) is 41.5 Å². The van der Waals surface area contributed by atoms with Gasteiger partial charge in [0.1, 0.15) is 11.8 Å². The molecule has 0 atom stereocenters. The van der Waals surface area contributed by atoms with Crippen molar-refractivity contribution in [3.63, 3.8) is 0 Å². The molecule has 4 nitrogen and oxygen atoms in total. The average molecular weight is 375 g/mol. The number of nitriles is 1. The van der Waals surface area contributed by atoms with Crippen molar-refractivity contribution in [2.45, 2.75) is 6.18 Å². The van der Waals surface area contributed by atoms with Crippen LogP contribution in [0.5, 0.6) is 0 Å². The Balaban J connectivity index is 1.94. The van der Waals surface area contributed by atoms with Crippen LogP contribution in [0.3, 0.4) is 0 Å². The summed E-state index contributed by atoms with van der Waals surface area (Å²) in [7, 11) is 0. The summed E-state index contributed by atoms with van der Waals surface area (Å²) in [5.74, 6) is 0. The Kier molecular flexibility index (Phi) is 4.78. The van der Waals surface area contributed by atoms with Gasteiger partial charge in [-0.15, -0.1) is 5.10 Å². The molecule has 0 aliphatic rings. The fourth-order valence-corrected chi connectivity index (χ4v) is 2.61. The van der Waals surface area contributed by atoms with E-state index in [0.29, 0.717) is 27.4 Å². The summed E-state index contributed by atoms with van der Waals surface area (Å²) >= 11 is 6.11. The van der Waals surface area contributed by atoms with Crippen molar-refractivity contribution >= 4 is 23.8 Å². The van der Waals surface area contributed by atoms with Crippen LogP contribution in [-0.2, 0) is 6.18 Å². The Morgan fingerprint density at radius 1 is 1.08 bits per heavy atom. The lowest BCUT2D eigenvalue weighted by atomic mass is 10.0. The number of nitrogens with one attached hydrogen (secondary N) is 1. The van der Waals surface area contributed by atoms with Crippen molar-refractivity contribution in [1.82, 2.24) is 15.4 Å². The maximum atomic E-state index is 12.8. The van der Waals surface area contributed by atoms with E-state index in [-0.39, 0.29) is 5.69 Å². The Labute approximate surface area is 151 Å². The van der Waals surface area contributed by atoms with Crippen LogP contribution >= 0.6 is 11.6 Å². The second kappa shape index (κ2) is 7.02. The number of aromatic amines is 1. The Bertz CT molecular complexity index is 1020. The van der Waals surface area contributed by atoms with Gasteiger partial charge in [0.2, 0.25) is 0 Å². The van der Waals surface area contributed by atoms with E-state index < -0.39 is 11.7 Å². The number of benzene rings is 2. The van der Waals surface area contributed by atoms with Crippen LogP contribution < -0.4 is 0 Å². The van der Waals surface area contributed by atoms with Gasteiger partial charge in [-0.3, -0.25) is 0 Å². The van der Waals surface area contributed by atoms with E-state index >= 15 is 0 Å². The minimum absolute atomic E-state index is 0.195.